The number of nitrogens with one attached hydrogen (secondary N) is 1. The largest absolute Gasteiger partial charge is 0.481 e. The van der Waals surface area contributed by atoms with E-state index in [1.165, 1.54) is 0 Å². The minimum Gasteiger partial charge on any atom is -0.481 e. The molecule has 4 nitrogen and oxygen atoms in total. The predicted molar refractivity (Wildman–Crippen MR) is 91.2 cm³/mol. The summed E-state index contributed by atoms with van der Waals surface area (Å²) in [7, 11) is 0. The SMILES string of the molecule is O=C(O)CCCCCCNC(=O)C(CS)Cc1ccccc1. The fourth-order valence-electron chi connectivity index (χ4n) is 2.25. The molecule has 1 unspecified atom stereocenters. The summed E-state index contributed by atoms with van der Waals surface area (Å²) in [6.45, 7) is 0.644. The number of unbranched alkanes of at least 4 members (excludes halogenated alkanes) is 3. The van der Waals surface area contributed by atoms with Crippen molar-refractivity contribution < 1.29 is 14.7 Å². The Kier molecular flexibility index (Phi) is 9.39. The van der Waals surface area contributed by atoms with Gasteiger partial charge >= 0.3 is 5.97 Å². The first-order chi connectivity index (χ1) is 10.6. The van der Waals surface area contributed by atoms with Crippen LogP contribution in [-0.2, 0) is 16.0 Å². The van der Waals surface area contributed by atoms with Gasteiger partial charge in [-0.3, -0.25) is 9.59 Å². The summed E-state index contributed by atoms with van der Waals surface area (Å²) >= 11 is 4.28. The summed E-state index contributed by atoms with van der Waals surface area (Å²) < 4.78 is 0. The van der Waals surface area contributed by atoms with Crippen LogP contribution in [0.4, 0.5) is 0 Å². The Labute approximate surface area is 137 Å². The molecule has 0 saturated carbocycles. The lowest BCUT2D eigenvalue weighted by molar-refractivity contribution is -0.137. The summed E-state index contributed by atoms with van der Waals surface area (Å²) in [5.41, 5.74) is 1.14. The van der Waals surface area contributed by atoms with Crippen molar-refractivity contribution >= 4 is 24.5 Å². The lowest BCUT2D eigenvalue weighted by Gasteiger charge is -2.14. The maximum Gasteiger partial charge on any atom is 0.303 e. The molecule has 0 aromatic heterocycles. The monoisotopic (exact) mass is 323 g/mol. The van der Waals surface area contributed by atoms with Crippen molar-refractivity contribution in [2.75, 3.05) is 12.3 Å². The van der Waals surface area contributed by atoms with Crippen LogP contribution in [0.15, 0.2) is 30.3 Å². The van der Waals surface area contributed by atoms with E-state index in [0.29, 0.717) is 25.1 Å². The van der Waals surface area contributed by atoms with E-state index in [4.69, 9.17) is 5.11 Å². The van der Waals surface area contributed by atoms with E-state index in [2.05, 4.69) is 17.9 Å². The van der Waals surface area contributed by atoms with Gasteiger partial charge in [0.25, 0.3) is 0 Å². The van der Waals surface area contributed by atoms with Gasteiger partial charge in [0.2, 0.25) is 5.91 Å². The molecule has 0 fully saturated rings. The maximum absolute atomic E-state index is 12.1. The Morgan fingerprint density at radius 3 is 2.41 bits per heavy atom. The average molecular weight is 323 g/mol. The predicted octanol–water partition coefficient (Wildman–Crippen LogP) is 2.93. The number of benzene rings is 1. The number of amides is 1. The van der Waals surface area contributed by atoms with Gasteiger partial charge in [-0.15, -0.1) is 0 Å². The lowest BCUT2D eigenvalue weighted by atomic mass is 10.00. The molecule has 1 rings (SSSR count). The molecular formula is C17H25NO3S. The molecule has 1 aromatic rings. The Bertz CT molecular complexity index is 450. The molecule has 0 aliphatic carbocycles. The van der Waals surface area contributed by atoms with Crippen LogP contribution in [0.2, 0.25) is 0 Å². The minimum atomic E-state index is -0.745. The highest BCUT2D eigenvalue weighted by atomic mass is 32.1. The normalized spacial score (nSPS) is 11.9. The smallest absolute Gasteiger partial charge is 0.303 e. The zero-order chi connectivity index (χ0) is 16.2. The molecule has 0 heterocycles. The topological polar surface area (TPSA) is 66.4 Å². The second-order valence-electron chi connectivity index (χ2n) is 5.42. The highest BCUT2D eigenvalue weighted by Crippen LogP contribution is 2.11. The number of thiol groups is 1. The molecule has 22 heavy (non-hydrogen) atoms. The summed E-state index contributed by atoms with van der Waals surface area (Å²) in [6.07, 6.45) is 4.35. The molecule has 1 amide bonds. The minimum absolute atomic E-state index is 0.0457. The average Bonchev–Trinajstić information content (AvgIpc) is 2.52. The molecular weight excluding hydrogens is 298 g/mol. The van der Waals surface area contributed by atoms with Crippen LogP contribution in [0.5, 0.6) is 0 Å². The molecule has 2 N–H and O–H groups in total. The summed E-state index contributed by atoms with van der Waals surface area (Å²) in [5.74, 6) is -0.285. The van der Waals surface area contributed by atoms with Gasteiger partial charge in [0.15, 0.2) is 0 Å². The fourth-order valence-corrected chi connectivity index (χ4v) is 2.54. The summed E-state index contributed by atoms with van der Waals surface area (Å²) in [6, 6.07) is 9.95. The van der Waals surface area contributed by atoms with E-state index in [1.807, 2.05) is 30.3 Å². The van der Waals surface area contributed by atoms with Crippen LogP contribution in [0.3, 0.4) is 0 Å². The maximum atomic E-state index is 12.1. The number of rotatable bonds is 11. The van der Waals surface area contributed by atoms with E-state index in [9.17, 15) is 9.59 Å². The number of carbonyl (C=O) groups is 2. The zero-order valence-corrected chi connectivity index (χ0v) is 13.7. The molecule has 0 spiro atoms. The number of hydrogen-bond acceptors (Lipinski definition) is 3. The third-order valence-corrected chi connectivity index (χ3v) is 3.97. The van der Waals surface area contributed by atoms with Gasteiger partial charge in [-0.2, -0.15) is 12.6 Å². The van der Waals surface area contributed by atoms with Crippen molar-refractivity contribution in [2.45, 2.75) is 38.5 Å². The van der Waals surface area contributed by atoms with Crippen molar-refractivity contribution in [2.24, 2.45) is 5.92 Å². The third kappa shape index (κ3) is 8.08. The van der Waals surface area contributed by atoms with Gasteiger partial charge in [0.05, 0.1) is 5.92 Å². The van der Waals surface area contributed by atoms with Crippen molar-refractivity contribution in [3.05, 3.63) is 35.9 Å². The van der Waals surface area contributed by atoms with E-state index in [-0.39, 0.29) is 18.2 Å². The first-order valence-electron chi connectivity index (χ1n) is 7.77. The van der Waals surface area contributed by atoms with E-state index in [0.717, 1.165) is 24.8 Å². The first kappa shape index (κ1) is 18.6. The quantitative estimate of drug-likeness (QED) is 0.433. The van der Waals surface area contributed by atoms with Gasteiger partial charge in [0.1, 0.15) is 0 Å². The molecule has 5 heteroatoms. The highest BCUT2D eigenvalue weighted by molar-refractivity contribution is 7.80. The molecule has 0 bridgehead atoms. The molecule has 0 aliphatic rings. The van der Waals surface area contributed by atoms with Crippen LogP contribution in [0.1, 0.15) is 37.7 Å². The second kappa shape index (κ2) is 11.1. The van der Waals surface area contributed by atoms with Crippen LogP contribution >= 0.6 is 12.6 Å². The highest BCUT2D eigenvalue weighted by Gasteiger charge is 2.16. The standard InChI is InChI=1S/C17H25NO3S/c19-16(20)10-6-1-2-7-11-18-17(21)15(13-22)12-14-8-4-3-5-9-14/h3-5,8-9,15,22H,1-2,6-7,10-13H2,(H,18,21)(H,19,20). The van der Waals surface area contributed by atoms with Gasteiger partial charge in [0, 0.05) is 18.7 Å². The van der Waals surface area contributed by atoms with Crippen LogP contribution < -0.4 is 5.32 Å². The Morgan fingerprint density at radius 2 is 1.77 bits per heavy atom. The fraction of sp³-hybridized carbons (Fsp3) is 0.529. The van der Waals surface area contributed by atoms with Crippen molar-refractivity contribution in [1.29, 1.82) is 0 Å². The van der Waals surface area contributed by atoms with Crippen molar-refractivity contribution in [1.82, 2.24) is 5.32 Å². The molecule has 122 valence electrons. The summed E-state index contributed by atoms with van der Waals surface area (Å²) in [4.78, 5) is 22.5. The number of hydrogen-bond donors (Lipinski definition) is 3. The van der Waals surface area contributed by atoms with Gasteiger partial charge in [-0.05, 0) is 24.8 Å². The second-order valence-corrected chi connectivity index (χ2v) is 5.78. The van der Waals surface area contributed by atoms with Crippen LogP contribution in [-0.4, -0.2) is 29.3 Å². The molecule has 1 atom stereocenters. The third-order valence-electron chi connectivity index (χ3n) is 3.53. The molecule has 1 aromatic carbocycles. The lowest BCUT2D eigenvalue weighted by Crippen LogP contribution is -2.33. The number of carboxylic acid groups (broad SMARTS) is 1. The number of carbonyl (C=O) groups excluding carboxylic acids is 1. The van der Waals surface area contributed by atoms with E-state index < -0.39 is 5.97 Å². The molecule has 0 saturated heterocycles. The zero-order valence-electron chi connectivity index (χ0n) is 12.8. The van der Waals surface area contributed by atoms with Crippen LogP contribution in [0, 0.1) is 5.92 Å². The number of carboxylic acids is 1. The van der Waals surface area contributed by atoms with Gasteiger partial charge in [-0.1, -0.05) is 43.2 Å². The van der Waals surface area contributed by atoms with Crippen molar-refractivity contribution in [3.8, 4) is 0 Å². The van der Waals surface area contributed by atoms with Crippen molar-refractivity contribution in [3.63, 3.8) is 0 Å². The number of aliphatic carboxylic acids is 1. The summed E-state index contributed by atoms with van der Waals surface area (Å²) in [5, 5.41) is 11.5. The Hall–Kier alpha value is -1.49. The Balaban J connectivity index is 2.18. The Morgan fingerprint density at radius 1 is 1.09 bits per heavy atom. The first-order valence-corrected chi connectivity index (χ1v) is 8.41. The van der Waals surface area contributed by atoms with Gasteiger partial charge in [-0.25, -0.2) is 0 Å². The molecule has 0 aliphatic heterocycles. The van der Waals surface area contributed by atoms with E-state index >= 15 is 0 Å². The van der Waals surface area contributed by atoms with E-state index in [1.54, 1.807) is 0 Å². The van der Waals surface area contributed by atoms with Gasteiger partial charge < -0.3 is 10.4 Å². The van der Waals surface area contributed by atoms with Crippen LogP contribution in [0.25, 0.3) is 0 Å². The molecule has 0 radical (unpaired) electrons.